The highest BCUT2D eigenvalue weighted by molar-refractivity contribution is 7.09. The third-order valence-corrected chi connectivity index (χ3v) is 4.15. The van der Waals surface area contributed by atoms with Crippen LogP contribution in [0.2, 0.25) is 0 Å². The van der Waals surface area contributed by atoms with Crippen LogP contribution in [0, 0.1) is 5.92 Å². The predicted octanol–water partition coefficient (Wildman–Crippen LogP) is 2.71. The fourth-order valence-corrected chi connectivity index (χ4v) is 2.92. The average molecular weight is 288 g/mol. The summed E-state index contributed by atoms with van der Waals surface area (Å²) in [6.07, 6.45) is 2.58. The molecule has 1 amide bonds. The largest absolute Gasteiger partial charge is 0.381 e. The van der Waals surface area contributed by atoms with Gasteiger partial charge in [0.05, 0.1) is 19.1 Å². The molecule has 1 saturated heterocycles. The summed E-state index contributed by atoms with van der Waals surface area (Å²) in [5.74, 6) is 0.0964. The van der Waals surface area contributed by atoms with Gasteiger partial charge in [-0.3, -0.25) is 4.79 Å². The van der Waals surface area contributed by atoms with Crippen molar-refractivity contribution in [2.24, 2.45) is 5.92 Å². The van der Waals surface area contributed by atoms with Gasteiger partial charge >= 0.3 is 0 Å². The van der Waals surface area contributed by atoms with Gasteiger partial charge in [0.15, 0.2) is 0 Å². The third-order valence-electron chi connectivity index (χ3n) is 3.39. The lowest BCUT2D eigenvalue weighted by atomic mass is 10.1. The fourth-order valence-electron chi connectivity index (χ4n) is 2.32. The second kappa shape index (κ2) is 6.15. The van der Waals surface area contributed by atoms with Crippen LogP contribution >= 0.6 is 11.3 Å². The predicted molar refractivity (Wildman–Crippen MR) is 78.7 cm³/mol. The molecular formula is C15H16N2O2S. The molecule has 0 bridgehead atoms. The van der Waals surface area contributed by atoms with Crippen molar-refractivity contribution in [3.63, 3.8) is 0 Å². The molecule has 104 valence electrons. The molecule has 2 heterocycles. The number of hydrogen-bond donors (Lipinski definition) is 0. The normalized spacial score (nSPS) is 18.1. The first-order valence-electron chi connectivity index (χ1n) is 6.67. The third kappa shape index (κ3) is 2.89. The molecule has 1 unspecified atom stereocenters. The van der Waals surface area contributed by atoms with Crippen molar-refractivity contribution in [2.45, 2.75) is 13.0 Å². The molecule has 0 aliphatic carbocycles. The first kappa shape index (κ1) is 13.3. The molecule has 0 saturated carbocycles. The van der Waals surface area contributed by atoms with E-state index < -0.39 is 0 Å². The van der Waals surface area contributed by atoms with Crippen LogP contribution in [0.25, 0.3) is 0 Å². The summed E-state index contributed by atoms with van der Waals surface area (Å²) in [4.78, 5) is 18.8. The minimum atomic E-state index is -0.0323. The van der Waals surface area contributed by atoms with E-state index in [1.807, 2.05) is 40.6 Å². The molecule has 1 fully saturated rings. The topological polar surface area (TPSA) is 42.4 Å². The van der Waals surface area contributed by atoms with Crippen molar-refractivity contribution in [1.29, 1.82) is 0 Å². The van der Waals surface area contributed by atoms with Crippen LogP contribution in [0.3, 0.4) is 0 Å². The quantitative estimate of drug-likeness (QED) is 0.868. The molecule has 2 aromatic rings. The molecule has 0 radical (unpaired) electrons. The number of ether oxygens (including phenoxy) is 1. The summed E-state index contributed by atoms with van der Waals surface area (Å²) in [6.45, 7) is 1.73. The molecule has 1 aliphatic rings. The van der Waals surface area contributed by atoms with Crippen molar-refractivity contribution in [3.05, 3.63) is 46.9 Å². The highest BCUT2D eigenvalue weighted by Gasteiger charge is 2.29. The smallest absolute Gasteiger partial charge is 0.232 e. The molecule has 1 aromatic heterocycles. The number of anilines is 1. The Bertz CT molecular complexity index is 551. The van der Waals surface area contributed by atoms with E-state index in [4.69, 9.17) is 4.74 Å². The van der Waals surface area contributed by atoms with Crippen LogP contribution in [0.1, 0.15) is 11.4 Å². The van der Waals surface area contributed by atoms with Crippen molar-refractivity contribution in [1.82, 2.24) is 4.98 Å². The Morgan fingerprint density at radius 2 is 2.25 bits per heavy atom. The maximum atomic E-state index is 12.7. The van der Waals surface area contributed by atoms with Gasteiger partial charge in [0.2, 0.25) is 5.91 Å². The Labute approximate surface area is 122 Å². The van der Waals surface area contributed by atoms with E-state index in [0.29, 0.717) is 19.8 Å². The number of thiazole rings is 1. The molecule has 4 nitrogen and oxygen atoms in total. The number of hydrogen-bond acceptors (Lipinski definition) is 4. The lowest BCUT2D eigenvalue weighted by Gasteiger charge is -2.24. The molecule has 1 aliphatic heterocycles. The number of carbonyl (C=O) groups excluding carboxylic acids is 1. The van der Waals surface area contributed by atoms with Crippen molar-refractivity contribution in [3.8, 4) is 0 Å². The standard InChI is InChI=1S/C15H16N2O2S/c18-15(12-6-8-19-11-12)17(10-14-16-7-9-20-14)13-4-2-1-3-5-13/h1-5,7,9,12H,6,8,10-11H2. The van der Waals surface area contributed by atoms with E-state index in [1.54, 1.807) is 17.5 Å². The maximum absolute atomic E-state index is 12.7. The van der Waals surface area contributed by atoms with Gasteiger partial charge in [0.1, 0.15) is 5.01 Å². The number of aromatic nitrogens is 1. The summed E-state index contributed by atoms with van der Waals surface area (Å²) < 4.78 is 5.34. The van der Waals surface area contributed by atoms with Crippen LogP contribution in [0.15, 0.2) is 41.9 Å². The van der Waals surface area contributed by atoms with E-state index in [-0.39, 0.29) is 11.8 Å². The summed E-state index contributed by atoms with van der Waals surface area (Å²) in [5.41, 5.74) is 0.916. The zero-order valence-electron chi connectivity index (χ0n) is 11.1. The van der Waals surface area contributed by atoms with E-state index in [2.05, 4.69) is 4.98 Å². The van der Waals surface area contributed by atoms with Gasteiger partial charge in [0, 0.05) is 23.9 Å². The summed E-state index contributed by atoms with van der Waals surface area (Å²) >= 11 is 1.57. The number of rotatable bonds is 4. The summed E-state index contributed by atoms with van der Waals surface area (Å²) in [7, 11) is 0. The van der Waals surface area contributed by atoms with Gasteiger partial charge in [-0.15, -0.1) is 11.3 Å². The van der Waals surface area contributed by atoms with Crippen LogP contribution in [-0.2, 0) is 16.1 Å². The van der Waals surface area contributed by atoms with Gasteiger partial charge in [0.25, 0.3) is 0 Å². The molecule has 3 rings (SSSR count). The average Bonchev–Trinajstić information content (AvgIpc) is 3.18. The summed E-state index contributed by atoms with van der Waals surface area (Å²) in [5, 5.41) is 2.88. The molecule has 0 N–H and O–H groups in total. The zero-order valence-corrected chi connectivity index (χ0v) is 11.9. The number of carbonyl (C=O) groups is 1. The number of amides is 1. The van der Waals surface area contributed by atoms with Gasteiger partial charge < -0.3 is 9.64 Å². The second-order valence-corrected chi connectivity index (χ2v) is 5.73. The van der Waals surface area contributed by atoms with Crippen LogP contribution < -0.4 is 4.90 Å². The Morgan fingerprint density at radius 3 is 2.90 bits per heavy atom. The minimum Gasteiger partial charge on any atom is -0.381 e. The van der Waals surface area contributed by atoms with E-state index in [1.165, 1.54) is 0 Å². The first-order valence-corrected chi connectivity index (χ1v) is 7.55. The highest BCUT2D eigenvalue weighted by atomic mass is 32.1. The van der Waals surface area contributed by atoms with Gasteiger partial charge in [-0.2, -0.15) is 0 Å². The lowest BCUT2D eigenvalue weighted by Crippen LogP contribution is -2.36. The van der Waals surface area contributed by atoms with Crippen molar-refractivity contribution >= 4 is 22.9 Å². The number of para-hydroxylation sites is 1. The summed E-state index contributed by atoms with van der Waals surface area (Å²) in [6, 6.07) is 9.77. The molecule has 5 heteroatoms. The molecular weight excluding hydrogens is 272 g/mol. The van der Waals surface area contributed by atoms with E-state index in [9.17, 15) is 4.79 Å². The van der Waals surface area contributed by atoms with Gasteiger partial charge in [-0.05, 0) is 18.6 Å². The molecule has 1 aromatic carbocycles. The maximum Gasteiger partial charge on any atom is 0.232 e. The Kier molecular flexibility index (Phi) is 4.08. The van der Waals surface area contributed by atoms with Gasteiger partial charge in [-0.1, -0.05) is 18.2 Å². The Balaban J connectivity index is 1.84. The molecule has 20 heavy (non-hydrogen) atoms. The highest BCUT2D eigenvalue weighted by Crippen LogP contribution is 2.23. The minimum absolute atomic E-state index is 0.0323. The number of benzene rings is 1. The van der Waals surface area contributed by atoms with E-state index in [0.717, 1.165) is 17.1 Å². The van der Waals surface area contributed by atoms with Crippen LogP contribution in [-0.4, -0.2) is 24.1 Å². The molecule has 0 spiro atoms. The second-order valence-electron chi connectivity index (χ2n) is 4.75. The monoisotopic (exact) mass is 288 g/mol. The zero-order chi connectivity index (χ0) is 13.8. The first-order chi connectivity index (χ1) is 9.84. The van der Waals surface area contributed by atoms with E-state index >= 15 is 0 Å². The fraction of sp³-hybridized carbons (Fsp3) is 0.333. The molecule has 1 atom stereocenters. The van der Waals surface area contributed by atoms with Crippen LogP contribution in [0.5, 0.6) is 0 Å². The van der Waals surface area contributed by atoms with Crippen molar-refractivity contribution < 1.29 is 9.53 Å². The number of nitrogens with zero attached hydrogens (tertiary/aromatic N) is 2. The Morgan fingerprint density at radius 1 is 1.40 bits per heavy atom. The SMILES string of the molecule is O=C(C1CCOC1)N(Cc1nccs1)c1ccccc1. The lowest BCUT2D eigenvalue weighted by molar-refractivity contribution is -0.122. The van der Waals surface area contributed by atoms with Gasteiger partial charge in [-0.25, -0.2) is 4.98 Å². The van der Waals surface area contributed by atoms with Crippen LogP contribution in [0.4, 0.5) is 5.69 Å². The Hall–Kier alpha value is -1.72. The van der Waals surface area contributed by atoms with Crippen molar-refractivity contribution in [2.75, 3.05) is 18.1 Å².